The van der Waals surface area contributed by atoms with Crippen LogP contribution in [0.25, 0.3) is 10.7 Å². The van der Waals surface area contributed by atoms with Crippen LogP contribution in [0.15, 0.2) is 46.3 Å². The van der Waals surface area contributed by atoms with Crippen molar-refractivity contribution >= 4 is 17.2 Å². The number of amides is 1. The summed E-state index contributed by atoms with van der Waals surface area (Å²) in [5, 5.41) is 5.95. The van der Waals surface area contributed by atoms with Crippen LogP contribution in [0.3, 0.4) is 0 Å². The van der Waals surface area contributed by atoms with E-state index in [0.717, 1.165) is 4.88 Å². The van der Waals surface area contributed by atoms with E-state index in [9.17, 15) is 4.79 Å². The van der Waals surface area contributed by atoms with Gasteiger partial charge in [0.1, 0.15) is 6.54 Å². The maximum Gasteiger partial charge on any atom is 0.264 e. The summed E-state index contributed by atoms with van der Waals surface area (Å²) >= 11 is 1.54. The Kier molecular flexibility index (Phi) is 6.65. The second-order valence-electron chi connectivity index (χ2n) is 6.01. The Morgan fingerprint density at radius 1 is 1.21 bits per heavy atom. The van der Waals surface area contributed by atoms with Crippen molar-refractivity contribution in [1.29, 1.82) is 0 Å². The zero-order valence-corrected chi connectivity index (χ0v) is 16.9. The molecule has 1 amide bonds. The van der Waals surface area contributed by atoms with Gasteiger partial charge in [-0.1, -0.05) is 30.3 Å². The maximum atomic E-state index is 13.0. The molecule has 0 saturated heterocycles. The fourth-order valence-corrected chi connectivity index (χ4v) is 3.36. The highest BCUT2D eigenvalue weighted by atomic mass is 32.1. The standard InChI is InChI=1S/C20H23N3O4S/c1-4-14(26-16-10-7-6-9-15(16)25-3)20(24)23(5-2)13-18-21-19(22-27-18)17-11-8-12-28-17/h6-12,14H,4-5,13H2,1-3H3/t14-/m1/s1. The average molecular weight is 401 g/mol. The van der Waals surface area contributed by atoms with E-state index < -0.39 is 6.10 Å². The molecule has 0 aliphatic carbocycles. The van der Waals surface area contributed by atoms with Crippen molar-refractivity contribution in [3.63, 3.8) is 0 Å². The van der Waals surface area contributed by atoms with Crippen LogP contribution in [0.4, 0.5) is 0 Å². The molecule has 0 bridgehead atoms. The number of likely N-dealkylation sites (N-methyl/N-ethyl adjacent to an activating group) is 1. The Morgan fingerprint density at radius 2 is 2.00 bits per heavy atom. The fourth-order valence-electron chi connectivity index (χ4n) is 2.72. The van der Waals surface area contributed by atoms with Gasteiger partial charge < -0.3 is 18.9 Å². The number of para-hydroxylation sites is 2. The first-order valence-corrected chi connectivity index (χ1v) is 9.99. The van der Waals surface area contributed by atoms with E-state index in [1.807, 2.05) is 43.5 Å². The predicted octanol–water partition coefficient (Wildman–Crippen LogP) is 4.01. The van der Waals surface area contributed by atoms with E-state index >= 15 is 0 Å². The second-order valence-corrected chi connectivity index (χ2v) is 6.95. The summed E-state index contributed by atoms with van der Waals surface area (Å²) in [4.78, 5) is 20.0. The summed E-state index contributed by atoms with van der Waals surface area (Å²) in [5.74, 6) is 1.93. The van der Waals surface area contributed by atoms with Gasteiger partial charge in [0.2, 0.25) is 11.7 Å². The summed E-state index contributed by atoms with van der Waals surface area (Å²) in [5.41, 5.74) is 0. The van der Waals surface area contributed by atoms with Crippen LogP contribution in [0.5, 0.6) is 11.5 Å². The summed E-state index contributed by atoms with van der Waals surface area (Å²) in [7, 11) is 1.57. The Bertz CT molecular complexity index is 895. The first-order valence-electron chi connectivity index (χ1n) is 9.11. The van der Waals surface area contributed by atoms with E-state index in [1.165, 1.54) is 11.3 Å². The van der Waals surface area contributed by atoms with Gasteiger partial charge in [-0.15, -0.1) is 11.3 Å². The zero-order chi connectivity index (χ0) is 19.9. The lowest BCUT2D eigenvalue weighted by Gasteiger charge is -2.25. The number of carbonyl (C=O) groups is 1. The highest BCUT2D eigenvalue weighted by Crippen LogP contribution is 2.28. The molecule has 1 aromatic carbocycles. The minimum atomic E-state index is -0.629. The second kappa shape index (κ2) is 9.36. The number of hydrogen-bond donors (Lipinski definition) is 0. The van der Waals surface area contributed by atoms with E-state index in [4.69, 9.17) is 14.0 Å². The molecule has 148 valence electrons. The van der Waals surface area contributed by atoms with Crippen molar-refractivity contribution in [1.82, 2.24) is 15.0 Å². The Balaban J connectivity index is 1.70. The van der Waals surface area contributed by atoms with Gasteiger partial charge in [-0.3, -0.25) is 4.79 Å². The number of aromatic nitrogens is 2. The largest absolute Gasteiger partial charge is 0.493 e. The number of benzene rings is 1. The highest BCUT2D eigenvalue weighted by molar-refractivity contribution is 7.13. The van der Waals surface area contributed by atoms with Crippen LogP contribution in [0.1, 0.15) is 26.2 Å². The first-order chi connectivity index (χ1) is 13.7. The molecule has 0 unspecified atom stereocenters. The third kappa shape index (κ3) is 4.51. The van der Waals surface area contributed by atoms with Crippen LogP contribution in [-0.4, -0.2) is 40.7 Å². The summed E-state index contributed by atoms with van der Waals surface area (Å²) < 4.78 is 16.6. The topological polar surface area (TPSA) is 77.7 Å². The molecule has 0 aliphatic rings. The van der Waals surface area contributed by atoms with E-state index in [-0.39, 0.29) is 12.5 Å². The Labute approximate surface area is 167 Å². The fraction of sp³-hybridized carbons (Fsp3) is 0.350. The highest BCUT2D eigenvalue weighted by Gasteiger charge is 2.26. The van der Waals surface area contributed by atoms with Crippen LogP contribution < -0.4 is 9.47 Å². The first kappa shape index (κ1) is 19.9. The van der Waals surface area contributed by atoms with Crippen LogP contribution in [0.2, 0.25) is 0 Å². The van der Waals surface area contributed by atoms with Gasteiger partial charge in [-0.05, 0) is 36.9 Å². The zero-order valence-electron chi connectivity index (χ0n) is 16.1. The molecule has 0 radical (unpaired) electrons. The Morgan fingerprint density at radius 3 is 2.64 bits per heavy atom. The molecule has 7 nitrogen and oxygen atoms in total. The van der Waals surface area contributed by atoms with Crippen molar-refractivity contribution in [2.45, 2.75) is 32.9 Å². The summed E-state index contributed by atoms with van der Waals surface area (Å²) in [6, 6.07) is 11.1. The van der Waals surface area contributed by atoms with Crippen LogP contribution in [-0.2, 0) is 11.3 Å². The molecule has 2 heterocycles. The monoisotopic (exact) mass is 401 g/mol. The summed E-state index contributed by atoms with van der Waals surface area (Å²) in [6.07, 6.45) is -0.103. The molecule has 8 heteroatoms. The van der Waals surface area contributed by atoms with Crippen molar-refractivity contribution in [2.75, 3.05) is 13.7 Å². The van der Waals surface area contributed by atoms with Crippen LogP contribution >= 0.6 is 11.3 Å². The predicted molar refractivity (Wildman–Crippen MR) is 106 cm³/mol. The van der Waals surface area contributed by atoms with Gasteiger partial charge in [-0.25, -0.2) is 0 Å². The van der Waals surface area contributed by atoms with E-state index in [0.29, 0.717) is 36.2 Å². The molecule has 0 spiro atoms. The van der Waals surface area contributed by atoms with Crippen molar-refractivity contribution in [2.24, 2.45) is 0 Å². The normalized spacial score (nSPS) is 11.8. The molecule has 3 aromatic rings. The van der Waals surface area contributed by atoms with Gasteiger partial charge in [0.05, 0.1) is 12.0 Å². The minimum absolute atomic E-state index is 0.133. The minimum Gasteiger partial charge on any atom is -0.493 e. The van der Waals surface area contributed by atoms with Gasteiger partial charge >= 0.3 is 0 Å². The molecule has 1 atom stereocenters. The number of thiophene rings is 1. The van der Waals surface area contributed by atoms with Gasteiger partial charge in [-0.2, -0.15) is 4.98 Å². The van der Waals surface area contributed by atoms with Crippen molar-refractivity contribution in [3.05, 3.63) is 47.7 Å². The van der Waals surface area contributed by atoms with Crippen LogP contribution in [0, 0.1) is 0 Å². The number of hydrogen-bond acceptors (Lipinski definition) is 7. The Hall–Kier alpha value is -2.87. The molecule has 0 aliphatic heterocycles. The number of ether oxygens (including phenoxy) is 2. The average Bonchev–Trinajstić information content (AvgIpc) is 3.41. The molecule has 3 rings (SSSR count). The molecule has 0 N–H and O–H groups in total. The number of rotatable bonds is 9. The summed E-state index contributed by atoms with van der Waals surface area (Å²) in [6.45, 7) is 4.55. The molecule has 0 fully saturated rings. The quantitative estimate of drug-likeness (QED) is 0.539. The number of nitrogens with zero attached hydrogens (tertiary/aromatic N) is 3. The molecule has 0 saturated carbocycles. The third-order valence-corrected chi connectivity index (χ3v) is 5.08. The smallest absolute Gasteiger partial charge is 0.264 e. The van der Waals surface area contributed by atoms with E-state index in [1.54, 1.807) is 24.1 Å². The lowest BCUT2D eigenvalue weighted by molar-refractivity contribution is -0.139. The maximum absolute atomic E-state index is 13.0. The lowest BCUT2D eigenvalue weighted by atomic mass is 10.2. The van der Waals surface area contributed by atoms with E-state index in [2.05, 4.69) is 10.1 Å². The van der Waals surface area contributed by atoms with Gasteiger partial charge in [0, 0.05) is 6.54 Å². The molecular formula is C20H23N3O4S. The van der Waals surface area contributed by atoms with Crippen molar-refractivity contribution < 1.29 is 18.8 Å². The lowest BCUT2D eigenvalue weighted by Crippen LogP contribution is -2.41. The molecule has 2 aromatic heterocycles. The van der Waals surface area contributed by atoms with Gasteiger partial charge in [0.25, 0.3) is 5.91 Å². The SMILES string of the molecule is CC[C@@H](Oc1ccccc1OC)C(=O)N(CC)Cc1nc(-c2cccs2)no1. The molecular weight excluding hydrogens is 378 g/mol. The van der Waals surface area contributed by atoms with Gasteiger partial charge in [0.15, 0.2) is 17.6 Å². The van der Waals surface area contributed by atoms with Crippen molar-refractivity contribution in [3.8, 4) is 22.2 Å². The third-order valence-electron chi connectivity index (χ3n) is 4.21. The molecule has 28 heavy (non-hydrogen) atoms. The number of methoxy groups -OCH3 is 1. The number of carbonyl (C=O) groups excluding carboxylic acids is 1.